The fourth-order valence-electron chi connectivity index (χ4n) is 3.45. The highest BCUT2D eigenvalue weighted by Crippen LogP contribution is 2.26. The Labute approximate surface area is 142 Å². The maximum Gasteiger partial charge on any atom is 0.242 e. The topological polar surface area (TPSA) is 58.4 Å². The van der Waals surface area contributed by atoms with Gasteiger partial charge < -0.3 is 14.6 Å². The summed E-state index contributed by atoms with van der Waals surface area (Å²) in [5.41, 5.74) is 0.920. The van der Waals surface area contributed by atoms with E-state index in [-0.39, 0.29) is 11.9 Å². The molecule has 0 radical (unpaired) electrons. The number of aliphatic hydroxyl groups excluding tert-OH is 1. The molecule has 128 valence electrons. The van der Waals surface area contributed by atoms with Gasteiger partial charge in [0.1, 0.15) is 6.54 Å². The molecule has 5 heteroatoms. The predicted octanol–water partition coefficient (Wildman–Crippen LogP) is 2.78. The van der Waals surface area contributed by atoms with Crippen LogP contribution in [0.1, 0.15) is 43.8 Å². The molecule has 0 saturated carbocycles. The molecule has 1 N–H and O–H groups in total. The number of rotatable bonds is 5. The smallest absolute Gasteiger partial charge is 0.242 e. The number of aliphatic hydroxyl groups is 1. The molecule has 1 aliphatic rings. The number of carbonyl (C=O) groups is 1. The van der Waals surface area contributed by atoms with Gasteiger partial charge in [-0.3, -0.25) is 4.79 Å². The zero-order valence-corrected chi connectivity index (χ0v) is 13.9. The summed E-state index contributed by atoms with van der Waals surface area (Å²) in [7, 11) is 0. The van der Waals surface area contributed by atoms with Gasteiger partial charge in [-0.15, -0.1) is 0 Å². The number of hydrogen-bond acceptors (Lipinski definition) is 3. The molecule has 3 rings (SSSR count). The second-order valence-corrected chi connectivity index (χ2v) is 6.49. The van der Waals surface area contributed by atoms with E-state index in [4.69, 9.17) is 0 Å². The SMILES string of the molecule is O=C(Cn1ccnc1)N1CCCCC[C@@H]1C[C@H](O)c1ccccc1. The van der Waals surface area contributed by atoms with E-state index in [0.29, 0.717) is 13.0 Å². The van der Waals surface area contributed by atoms with E-state index in [1.54, 1.807) is 17.1 Å². The molecular weight excluding hydrogens is 302 g/mol. The minimum absolute atomic E-state index is 0.0960. The number of amides is 1. The fraction of sp³-hybridized carbons (Fsp3) is 0.474. The van der Waals surface area contributed by atoms with Crippen LogP contribution in [0, 0.1) is 0 Å². The molecule has 24 heavy (non-hydrogen) atoms. The fourth-order valence-corrected chi connectivity index (χ4v) is 3.45. The van der Waals surface area contributed by atoms with E-state index in [9.17, 15) is 9.90 Å². The third kappa shape index (κ3) is 4.23. The first-order chi connectivity index (χ1) is 11.7. The van der Waals surface area contributed by atoms with Crippen molar-refractivity contribution in [3.8, 4) is 0 Å². The average Bonchev–Trinajstić information content (AvgIpc) is 3.00. The second kappa shape index (κ2) is 8.11. The van der Waals surface area contributed by atoms with Crippen molar-refractivity contribution in [3.05, 3.63) is 54.6 Å². The molecule has 1 aliphatic heterocycles. The Morgan fingerprint density at radius 2 is 2.08 bits per heavy atom. The molecule has 1 aromatic carbocycles. The molecular formula is C19H25N3O2. The van der Waals surface area contributed by atoms with Crippen LogP contribution in [-0.4, -0.2) is 38.1 Å². The van der Waals surface area contributed by atoms with Gasteiger partial charge >= 0.3 is 0 Å². The van der Waals surface area contributed by atoms with Gasteiger partial charge in [-0.25, -0.2) is 4.98 Å². The summed E-state index contributed by atoms with van der Waals surface area (Å²) in [4.78, 5) is 18.7. The van der Waals surface area contributed by atoms with Crippen LogP contribution in [-0.2, 0) is 11.3 Å². The van der Waals surface area contributed by atoms with E-state index in [0.717, 1.165) is 37.8 Å². The van der Waals surface area contributed by atoms with Crippen molar-refractivity contribution < 1.29 is 9.90 Å². The van der Waals surface area contributed by atoms with E-state index < -0.39 is 6.10 Å². The Balaban J connectivity index is 1.69. The molecule has 0 spiro atoms. The van der Waals surface area contributed by atoms with Crippen molar-refractivity contribution >= 4 is 5.91 Å². The van der Waals surface area contributed by atoms with Gasteiger partial charge in [-0.2, -0.15) is 0 Å². The maximum absolute atomic E-state index is 12.7. The van der Waals surface area contributed by atoms with Crippen LogP contribution in [0.25, 0.3) is 0 Å². The molecule has 0 unspecified atom stereocenters. The van der Waals surface area contributed by atoms with Gasteiger partial charge in [0.05, 0.1) is 12.4 Å². The number of benzene rings is 1. The first-order valence-electron chi connectivity index (χ1n) is 8.72. The molecule has 2 heterocycles. The Morgan fingerprint density at radius 1 is 1.25 bits per heavy atom. The van der Waals surface area contributed by atoms with Crippen LogP contribution in [0.15, 0.2) is 49.1 Å². The number of aromatic nitrogens is 2. The van der Waals surface area contributed by atoms with Crippen molar-refractivity contribution in [2.24, 2.45) is 0 Å². The normalized spacial score (nSPS) is 19.7. The summed E-state index contributed by atoms with van der Waals surface area (Å²) in [6, 6.07) is 9.81. The van der Waals surface area contributed by atoms with Crippen LogP contribution in [0.4, 0.5) is 0 Å². The Bertz CT molecular complexity index is 627. The Hall–Kier alpha value is -2.14. The quantitative estimate of drug-likeness (QED) is 0.919. The van der Waals surface area contributed by atoms with E-state index in [1.807, 2.05) is 41.4 Å². The second-order valence-electron chi connectivity index (χ2n) is 6.49. The first-order valence-corrected chi connectivity index (χ1v) is 8.72. The van der Waals surface area contributed by atoms with Crippen LogP contribution in [0.5, 0.6) is 0 Å². The lowest BCUT2D eigenvalue weighted by Gasteiger charge is -2.32. The standard InChI is InChI=1S/C19H25N3O2/c23-18(16-7-3-1-4-8-16)13-17-9-5-2-6-11-22(17)19(24)14-21-12-10-20-15-21/h1,3-4,7-8,10,12,15,17-18,23H,2,5-6,9,11,13-14H2/t17-,18+/m1/s1. The molecule has 1 fully saturated rings. The molecule has 1 saturated heterocycles. The van der Waals surface area contributed by atoms with Crippen LogP contribution in [0.3, 0.4) is 0 Å². The van der Waals surface area contributed by atoms with Crippen molar-refractivity contribution in [1.29, 1.82) is 0 Å². The van der Waals surface area contributed by atoms with Crippen molar-refractivity contribution in [1.82, 2.24) is 14.5 Å². The van der Waals surface area contributed by atoms with Crippen molar-refractivity contribution in [2.45, 2.75) is 50.8 Å². The molecule has 1 amide bonds. The van der Waals surface area contributed by atoms with E-state index in [2.05, 4.69) is 4.98 Å². The molecule has 0 bridgehead atoms. The first kappa shape index (κ1) is 16.7. The summed E-state index contributed by atoms with van der Waals surface area (Å²) in [6.07, 6.45) is 9.48. The van der Waals surface area contributed by atoms with Crippen LogP contribution >= 0.6 is 0 Å². The molecule has 1 aromatic heterocycles. The zero-order chi connectivity index (χ0) is 16.8. The van der Waals surface area contributed by atoms with Gasteiger partial charge in [0.25, 0.3) is 0 Å². The van der Waals surface area contributed by atoms with Crippen LogP contribution < -0.4 is 0 Å². The lowest BCUT2D eigenvalue weighted by Crippen LogP contribution is -2.42. The number of likely N-dealkylation sites (tertiary alicyclic amines) is 1. The number of hydrogen-bond donors (Lipinski definition) is 1. The average molecular weight is 327 g/mol. The highest BCUT2D eigenvalue weighted by Gasteiger charge is 2.27. The van der Waals surface area contributed by atoms with Crippen molar-refractivity contribution in [2.75, 3.05) is 6.54 Å². The van der Waals surface area contributed by atoms with Gasteiger partial charge in [0.15, 0.2) is 0 Å². The predicted molar refractivity (Wildman–Crippen MR) is 92.2 cm³/mol. The largest absolute Gasteiger partial charge is 0.388 e. The van der Waals surface area contributed by atoms with Crippen molar-refractivity contribution in [3.63, 3.8) is 0 Å². The lowest BCUT2D eigenvalue weighted by atomic mass is 9.98. The summed E-state index contributed by atoms with van der Waals surface area (Å²) >= 11 is 0. The minimum Gasteiger partial charge on any atom is -0.388 e. The highest BCUT2D eigenvalue weighted by atomic mass is 16.3. The van der Waals surface area contributed by atoms with E-state index in [1.165, 1.54) is 0 Å². The molecule has 0 aliphatic carbocycles. The van der Waals surface area contributed by atoms with E-state index >= 15 is 0 Å². The van der Waals surface area contributed by atoms with Gasteiger partial charge in [-0.05, 0) is 24.8 Å². The molecule has 5 nitrogen and oxygen atoms in total. The maximum atomic E-state index is 12.7. The summed E-state index contributed by atoms with van der Waals surface area (Å²) in [5.74, 6) is 0.111. The number of imidazole rings is 1. The van der Waals surface area contributed by atoms with Gasteiger partial charge in [-0.1, -0.05) is 43.2 Å². The van der Waals surface area contributed by atoms with Gasteiger partial charge in [0, 0.05) is 25.0 Å². The third-order valence-electron chi connectivity index (χ3n) is 4.75. The summed E-state index contributed by atoms with van der Waals surface area (Å²) in [6.45, 7) is 1.09. The highest BCUT2D eigenvalue weighted by molar-refractivity contribution is 5.76. The number of carbonyl (C=O) groups excluding carboxylic acids is 1. The van der Waals surface area contributed by atoms with Crippen LogP contribution in [0.2, 0.25) is 0 Å². The minimum atomic E-state index is -0.530. The Morgan fingerprint density at radius 3 is 2.83 bits per heavy atom. The monoisotopic (exact) mass is 327 g/mol. The van der Waals surface area contributed by atoms with Gasteiger partial charge in [0.2, 0.25) is 5.91 Å². The summed E-state index contributed by atoms with van der Waals surface area (Å²) in [5, 5.41) is 10.6. The zero-order valence-electron chi connectivity index (χ0n) is 13.9. The number of nitrogens with zero attached hydrogens (tertiary/aromatic N) is 3. The Kier molecular flexibility index (Phi) is 5.64. The molecule has 2 atom stereocenters. The summed E-state index contributed by atoms with van der Waals surface area (Å²) < 4.78 is 1.80. The molecule has 2 aromatic rings. The lowest BCUT2D eigenvalue weighted by molar-refractivity contribution is -0.134. The third-order valence-corrected chi connectivity index (χ3v) is 4.75.